The van der Waals surface area contributed by atoms with Crippen molar-refractivity contribution in [2.45, 2.75) is 154 Å². The topological polar surface area (TPSA) is 256 Å². The highest BCUT2D eigenvalue weighted by Crippen LogP contribution is 2.44. The zero-order valence-electron chi connectivity index (χ0n) is 38.8. The van der Waals surface area contributed by atoms with Gasteiger partial charge >= 0.3 is 27.6 Å². The van der Waals surface area contributed by atoms with Crippen molar-refractivity contribution in [3.05, 3.63) is 97.2 Å². The molecular formula is C48H78O16P2. The number of rotatable bonds is 38. The van der Waals surface area contributed by atoms with E-state index in [0.717, 1.165) is 51.4 Å². The molecule has 0 saturated heterocycles. The first kappa shape index (κ1) is 60.9. The molecule has 376 valence electrons. The fraction of sp³-hybridized carbons (Fsp3) is 0.625. The van der Waals surface area contributed by atoms with Gasteiger partial charge < -0.3 is 44.6 Å². The summed E-state index contributed by atoms with van der Waals surface area (Å²) in [7, 11) is -9.81. The van der Waals surface area contributed by atoms with Gasteiger partial charge in [-0.3, -0.25) is 23.2 Å². The summed E-state index contributed by atoms with van der Waals surface area (Å²) in [5, 5.41) is 41.1. The normalized spacial score (nSPS) is 20.9. The van der Waals surface area contributed by atoms with Crippen molar-refractivity contribution in [1.29, 1.82) is 0 Å². The summed E-state index contributed by atoms with van der Waals surface area (Å²) < 4.78 is 47.7. The molecule has 0 spiro atoms. The van der Waals surface area contributed by atoms with Gasteiger partial charge in [0.1, 0.15) is 12.7 Å². The Morgan fingerprint density at radius 1 is 0.636 bits per heavy atom. The molecule has 0 aliphatic heterocycles. The van der Waals surface area contributed by atoms with Crippen LogP contribution in [0.4, 0.5) is 0 Å². The molecule has 1 aliphatic rings. The van der Waals surface area contributed by atoms with Gasteiger partial charge in [0.05, 0.1) is 38.1 Å². The highest BCUT2D eigenvalue weighted by molar-refractivity contribution is 7.47. The van der Waals surface area contributed by atoms with Crippen molar-refractivity contribution < 1.29 is 76.9 Å². The van der Waals surface area contributed by atoms with Crippen molar-refractivity contribution >= 4 is 27.6 Å². The Kier molecular flexibility index (Phi) is 34.9. The lowest BCUT2D eigenvalue weighted by molar-refractivity contribution is -0.161. The third kappa shape index (κ3) is 34.2. The van der Waals surface area contributed by atoms with Gasteiger partial charge in [-0.15, -0.1) is 0 Å². The van der Waals surface area contributed by atoms with E-state index in [9.17, 15) is 44.0 Å². The summed E-state index contributed by atoms with van der Waals surface area (Å²) in [4.78, 5) is 53.0. The highest BCUT2D eigenvalue weighted by atomic mass is 31.2. The number of esters is 2. The third-order valence-electron chi connectivity index (χ3n) is 10.0. The molecule has 1 saturated carbocycles. The number of unbranched alkanes of at least 4 members (excludes halogenated alkanes) is 3. The van der Waals surface area contributed by atoms with Crippen LogP contribution >= 0.6 is 15.6 Å². The van der Waals surface area contributed by atoms with Crippen molar-refractivity contribution in [2.24, 2.45) is 11.8 Å². The Hall–Kier alpha value is -3.08. The fourth-order valence-corrected chi connectivity index (χ4v) is 7.64. The Morgan fingerprint density at radius 2 is 1.20 bits per heavy atom. The second-order valence-electron chi connectivity index (χ2n) is 15.9. The number of aliphatic hydroxyl groups excluding tert-OH is 4. The first-order valence-corrected chi connectivity index (χ1v) is 26.2. The van der Waals surface area contributed by atoms with Crippen LogP contribution < -0.4 is 0 Å². The summed E-state index contributed by atoms with van der Waals surface area (Å²) in [6.45, 7) is 1.17. The fourth-order valence-electron chi connectivity index (χ4n) is 6.48. The molecule has 0 amide bonds. The van der Waals surface area contributed by atoms with Gasteiger partial charge in [0, 0.05) is 25.2 Å². The number of carbonyl (C=O) groups is 2. The second-order valence-corrected chi connectivity index (χ2v) is 18.6. The molecule has 1 aliphatic carbocycles. The summed E-state index contributed by atoms with van der Waals surface area (Å²) >= 11 is 0. The Balaban J connectivity index is 2.61. The molecule has 66 heavy (non-hydrogen) atoms. The highest BCUT2D eigenvalue weighted by Gasteiger charge is 2.39. The van der Waals surface area contributed by atoms with Crippen molar-refractivity contribution in [1.82, 2.24) is 0 Å². The van der Waals surface area contributed by atoms with Gasteiger partial charge in [0.15, 0.2) is 6.10 Å². The number of allylic oxidation sites excluding steroid dienone is 14. The molecule has 0 aromatic rings. The number of aliphatic hydroxyl groups is 4. The van der Waals surface area contributed by atoms with Crippen LogP contribution in [0.3, 0.4) is 0 Å². The molecule has 18 heteroatoms. The van der Waals surface area contributed by atoms with Crippen molar-refractivity contribution in [3.8, 4) is 0 Å². The molecule has 7 N–H and O–H groups in total. The number of ether oxygens (including phenoxy) is 2. The van der Waals surface area contributed by atoms with Gasteiger partial charge in [-0.05, 0) is 76.5 Å². The van der Waals surface area contributed by atoms with E-state index in [-0.39, 0.29) is 31.1 Å². The maximum absolute atomic E-state index is 12.7. The maximum atomic E-state index is 12.7. The molecule has 0 aromatic heterocycles. The number of hydrogen-bond donors (Lipinski definition) is 7. The molecule has 0 heterocycles. The van der Waals surface area contributed by atoms with E-state index in [0.29, 0.717) is 38.5 Å². The van der Waals surface area contributed by atoms with Crippen LogP contribution in [-0.2, 0) is 41.8 Å². The molecule has 1 unspecified atom stereocenters. The van der Waals surface area contributed by atoms with E-state index in [1.54, 1.807) is 12.2 Å². The molecule has 1 rings (SSSR count). The smallest absolute Gasteiger partial charge is 0.462 e. The summed E-state index contributed by atoms with van der Waals surface area (Å²) in [6, 6.07) is 0. The quantitative estimate of drug-likeness (QED) is 0.0132. The van der Waals surface area contributed by atoms with E-state index >= 15 is 0 Å². The molecule has 0 radical (unpaired) electrons. The van der Waals surface area contributed by atoms with Gasteiger partial charge in [0.25, 0.3) is 0 Å². The zero-order valence-corrected chi connectivity index (χ0v) is 40.6. The average molecular weight is 973 g/mol. The van der Waals surface area contributed by atoms with E-state index in [2.05, 4.69) is 71.5 Å². The summed E-state index contributed by atoms with van der Waals surface area (Å²) in [5.41, 5.74) is 0. The van der Waals surface area contributed by atoms with Crippen LogP contribution in [0.15, 0.2) is 97.2 Å². The largest absolute Gasteiger partial charge is 0.472 e. The summed E-state index contributed by atoms with van der Waals surface area (Å²) in [5.74, 6) is -1.84. The van der Waals surface area contributed by atoms with E-state index in [1.807, 2.05) is 36.5 Å². The minimum absolute atomic E-state index is 0.00320. The third-order valence-corrected chi connectivity index (χ3v) is 11.5. The molecule has 8 atom stereocenters. The minimum Gasteiger partial charge on any atom is -0.462 e. The SMILES string of the molecule is CC/C=C\C/C=C\C/C=C\C/C=C\C/C=C\C/C=C\CCC(=O)O[C@H](COC(=O)CCC/C=C/C[C@@H]1[C@@H](/C=C/[C@@H](O)CCCCC)[C@H](O)C[C@@H]1O)COP(=O)(O)OC[C@@H](O)COP(=O)(O)O. The number of phosphoric acid groups is 2. The van der Waals surface area contributed by atoms with Gasteiger partial charge in [-0.2, -0.15) is 0 Å². The monoisotopic (exact) mass is 972 g/mol. The van der Waals surface area contributed by atoms with Gasteiger partial charge in [-0.1, -0.05) is 130 Å². The van der Waals surface area contributed by atoms with Crippen LogP contribution in [0, 0.1) is 11.8 Å². The number of carbonyl (C=O) groups excluding carboxylic acids is 2. The van der Waals surface area contributed by atoms with Crippen molar-refractivity contribution in [2.75, 3.05) is 26.4 Å². The first-order valence-electron chi connectivity index (χ1n) is 23.2. The molecule has 16 nitrogen and oxygen atoms in total. The predicted molar refractivity (Wildman–Crippen MR) is 255 cm³/mol. The summed E-state index contributed by atoms with van der Waals surface area (Å²) in [6.07, 6.45) is 38.0. The molecular weight excluding hydrogens is 894 g/mol. The Labute approximate surface area is 392 Å². The van der Waals surface area contributed by atoms with Crippen LogP contribution in [0.25, 0.3) is 0 Å². The van der Waals surface area contributed by atoms with E-state index < -0.39 is 84.5 Å². The van der Waals surface area contributed by atoms with Crippen LogP contribution in [0.5, 0.6) is 0 Å². The number of hydrogen-bond acceptors (Lipinski definition) is 13. The van der Waals surface area contributed by atoms with Gasteiger partial charge in [-0.25, -0.2) is 9.13 Å². The van der Waals surface area contributed by atoms with Crippen LogP contribution in [0.1, 0.15) is 123 Å². The second kappa shape index (κ2) is 37.8. The maximum Gasteiger partial charge on any atom is 0.472 e. The molecule has 1 fully saturated rings. The zero-order chi connectivity index (χ0) is 48.9. The van der Waals surface area contributed by atoms with Crippen molar-refractivity contribution in [3.63, 3.8) is 0 Å². The van der Waals surface area contributed by atoms with Crippen LogP contribution in [0.2, 0.25) is 0 Å². The van der Waals surface area contributed by atoms with E-state index in [1.165, 1.54) is 0 Å². The average Bonchev–Trinajstić information content (AvgIpc) is 3.54. The van der Waals surface area contributed by atoms with E-state index in [4.69, 9.17) is 23.8 Å². The standard InChI is InChI=1S/C48H78O16P2/c1-3-5-7-8-9-10-11-12-13-14-15-16-17-18-19-20-21-22-28-32-48(54)64-42(39-63-66(58,59)62-37-41(50)36-61-65(55,56)57)38-60-47(53)31-27-24-23-26-30-43-44(46(52)35-45(43)51)34-33-40(49)29-25-6-4-2/h5,7,9-10,12-13,15-16,18-19,21-23,26,33-34,40-46,49-52H,3-4,6,8,11,14,17,20,24-25,27-32,35-39H2,1-2H3,(H,58,59)(H2,55,56,57)/b7-5-,10-9-,13-12-,16-15-,19-18-,22-21-,26-23+,34-33+/t40-,41-,42+,43+,44+,45-,46+/m0/s1. The Morgan fingerprint density at radius 3 is 1.79 bits per heavy atom. The van der Waals surface area contributed by atoms with Crippen LogP contribution in [-0.4, -0.2) is 104 Å². The van der Waals surface area contributed by atoms with Gasteiger partial charge in [0.2, 0.25) is 0 Å². The number of phosphoric ester groups is 2. The lowest BCUT2D eigenvalue weighted by Gasteiger charge is -2.20. The lowest BCUT2D eigenvalue weighted by Crippen LogP contribution is -2.29. The lowest BCUT2D eigenvalue weighted by atomic mass is 9.89. The molecule has 0 bridgehead atoms. The first-order chi connectivity index (χ1) is 31.6. The minimum atomic E-state index is -4.91. The Bertz CT molecular complexity index is 1650. The predicted octanol–water partition coefficient (Wildman–Crippen LogP) is 8.50. The molecule has 0 aromatic carbocycles.